The summed E-state index contributed by atoms with van der Waals surface area (Å²) in [6, 6.07) is 0. The Morgan fingerprint density at radius 2 is 2.00 bits per heavy atom. The van der Waals surface area contributed by atoms with Crippen LogP contribution in [0.4, 0.5) is 0 Å². The molecule has 0 rings (SSSR count). The second-order valence-electron chi connectivity index (χ2n) is 3.76. The summed E-state index contributed by atoms with van der Waals surface area (Å²) in [4.78, 5) is 11.6. The molecule has 2 nitrogen and oxygen atoms in total. The Hall–Kier alpha value is -0.530. The minimum absolute atomic E-state index is 0.253. The lowest BCUT2D eigenvalue weighted by Gasteiger charge is -2.12. The summed E-state index contributed by atoms with van der Waals surface area (Å²) in [5.74, 6) is -0.819. The van der Waals surface area contributed by atoms with Crippen molar-refractivity contribution in [2.75, 3.05) is 7.04 Å². The standard InChI is InChI=1S/C12H24O2/c1-4-6-7-8-10-11(9-5-2)12(13)14-3/h11H,4-10H2,1-3H3/t11-/m1/s1/i3D3. The molecule has 0 aromatic heterocycles. The molecule has 0 saturated carbocycles. The van der Waals surface area contributed by atoms with E-state index in [1.807, 2.05) is 6.92 Å². The maximum Gasteiger partial charge on any atom is 0.308 e. The van der Waals surface area contributed by atoms with Crippen molar-refractivity contribution in [1.29, 1.82) is 0 Å². The first-order valence-corrected chi connectivity index (χ1v) is 5.63. The predicted octanol–water partition coefficient (Wildman–Crippen LogP) is 3.55. The lowest BCUT2D eigenvalue weighted by molar-refractivity contribution is -0.146. The van der Waals surface area contributed by atoms with Gasteiger partial charge in [-0.3, -0.25) is 4.79 Å². The van der Waals surface area contributed by atoms with E-state index in [0.717, 1.165) is 38.5 Å². The van der Waals surface area contributed by atoms with E-state index < -0.39 is 13.0 Å². The average Bonchev–Trinajstić information content (AvgIpc) is 2.20. The van der Waals surface area contributed by atoms with E-state index >= 15 is 0 Å². The molecule has 0 bridgehead atoms. The molecule has 0 fully saturated rings. The molecule has 0 radical (unpaired) electrons. The summed E-state index contributed by atoms with van der Waals surface area (Å²) in [5, 5.41) is 0. The molecule has 0 aliphatic rings. The van der Waals surface area contributed by atoms with E-state index in [4.69, 9.17) is 4.11 Å². The third-order valence-corrected chi connectivity index (χ3v) is 2.48. The summed E-state index contributed by atoms with van der Waals surface area (Å²) < 4.78 is 25.2. The zero-order valence-corrected chi connectivity index (χ0v) is 9.34. The molecule has 0 amide bonds. The zero-order valence-electron chi connectivity index (χ0n) is 12.3. The Kier molecular flexibility index (Phi) is 5.65. The highest BCUT2D eigenvalue weighted by Gasteiger charge is 2.16. The number of rotatable bonds is 8. The van der Waals surface area contributed by atoms with Crippen LogP contribution in [-0.2, 0) is 9.53 Å². The van der Waals surface area contributed by atoms with Crippen molar-refractivity contribution in [3.05, 3.63) is 0 Å². The Morgan fingerprint density at radius 3 is 2.57 bits per heavy atom. The predicted molar refractivity (Wildman–Crippen MR) is 59.2 cm³/mol. The summed E-state index contributed by atoms with van der Waals surface area (Å²) in [6.45, 7) is 4.12. The first-order chi connectivity index (χ1) is 7.90. The van der Waals surface area contributed by atoms with Crippen LogP contribution in [0.25, 0.3) is 0 Å². The zero-order chi connectivity index (χ0) is 13.3. The molecule has 84 valence electrons. The maximum atomic E-state index is 11.6. The fraction of sp³-hybridized carbons (Fsp3) is 0.917. The summed E-state index contributed by atoms with van der Waals surface area (Å²) >= 11 is 0. The Bertz CT molecular complexity index is 214. The van der Waals surface area contributed by atoms with Gasteiger partial charge in [-0.25, -0.2) is 0 Å². The Balaban J connectivity index is 4.07. The van der Waals surface area contributed by atoms with Gasteiger partial charge in [0.1, 0.15) is 0 Å². The monoisotopic (exact) mass is 203 g/mol. The van der Waals surface area contributed by atoms with Gasteiger partial charge in [0, 0.05) is 0 Å². The molecule has 0 N–H and O–H groups in total. The van der Waals surface area contributed by atoms with Gasteiger partial charge in [-0.15, -0.1) is 0 Å². The molecule has 14 heavy (non-hydrogen) atoms. The van der Waals surface area contributed by atoms with Crippen LogP contribution in [0.15, 0.2) is 0 Å². The van der Waals surface area contributed by atoms with Gasteiger partial charge in [-0.05, 0) is 12.8 Å². The van der Waals surface area contributed by atoms with Crippen LogP contribution >= 0.6 is 0 Å². The summed E-state index contributed by atoms with van der Waals surface area (Å²) in [5.41, 5.74) is 0. The largest absolute Gasteiger partial charge is 0.469 e. The van der Waals surface area contributed by atoms with E-state index in [9.17, 15) is 4.79 Å². The SMILES string of the molecule is [2H]C([2H])([2H])OC(=O)[C@H](CCC)CCCCCC. The molecule has 0 saturated heterocycles. The van der Waals surface area contributed by atoms with Crippen LogP contribution in [0.1, 0.15) is 62.9 Å². The van der Waals surface area contributed by atoms with Crippen molar-refractivity contribution in [3.8, 4) is 0 Å². The van der Waals surface area contributed by atoms with Gasteiger partial charge in [0.25, 0.3) is 0 Å². The van der Waals surface area contributed by atoms with Gasteiger partial charge >= 0.3 is 5.97 Å². The third kappa shape index (κ3) is 6.01. The molecular weight excluding hydrogens is 176 g/mol. The number of hydrogen-bond acceptors (Lipinski definition) is 2. The summed E-state index contributed by atoms with van der Waals surface area (Å²) in [6.07, 6.45) is 6.69. The second-order valence-corrected chi connectivity index (χ2v) is 3.76. The lowest BCUT2D eigenvalue weighted by Crippen LogP contribution is -2.15. The van der Waals surface area contributed by atoms with Gasteiger partial charge in [-0.2, -0.15) is 0 Å². The van der Waals surface area contributed by atoms with Gasteiger partial charge in [0.15, 0.2) is 0 Å². The minimum Gasteiger partial charge on any atom is -0.469 e. The molecule has 0 heterocycles. The van der Waals surface area contributed by atoms with E-state index in [1.54, 1.807) is 0 Å². The second kappa shape index (κ2) is 9.04. The lowest BCUT2D eigenvalue weighted by atomic mass is 9.96. The number of hydrogen-bond donors (Lipinski definition) is 0. The molecule has 0 aromatic carbocycles. The highest BCUT2D eigenvalue weighted by Crippen LogP contribution is 2.17. The van der Waals surface area contributed by atoms with Crippen molar-refractivity contribution < 1.29 is 13.6 Å². The van der Waals surface area contributed by atoms with Gasteiger partial charge < -0.3 is 4.74 Å². The quantitative estimate of drug-likeness (QED) is 0.445. The van der Waals surface area contributed by atoms with Crippen molar-refractivity contribution in [1.82, 2.24) is 0 Å². The topological polar surface area (TPSA) is 26.3 Å². The third-order valence-electron chi connectivity index (χ3n) is 2.48. The Labute approximate surface area is 92.2 Å². The van der Waals surface area contributed by atoms with Crippen molar-refractivity contribution >= 4 is 5.97 Å². The molecular formula is C12H24O2. The number of carbonyl (C=O) groups excluding carboxylic acids is 1. The molecule has 2 heteroatoms. The van der Waals surface area contributed by atoms with Gasteiger partial charge in [0.2, 0.25) is 0 Å². The van der Waals surface area contributed by atoms with E-state index in [0.29, 0.717) is 6.42 Å². The number of ether oxygens (including phenoxy) is 1. The van der Waals surface area contributed by atoms with Crippen LogP contribution in [-0.4, -0.2) is 13.0 Å². The number of carbonyl (C=O) groups is 1. The average molecular weight is 203 g/mol. The first-order valence-electron chi connectivity index (χ1n) is 7.13. The van der Waals surface area contributed by atoms with Crippen LogP contribution < -0.4 is 0 Å². The molecule has 0 aliphatic carbocycles. The van der Waals surface area contributed by atoms with Crippen LogP contribution in [0, 0.1) is 5.92 Å². The maximum absolute atomic E-state index is 11.6. The van der Waals surface area contributed by atoms with Crippen LogP contribution in [0.5, 0.6) is 0 Å². The molecule has 0 unspecified atom stereocenters. The highest BCUT2D eigenvalue weighted by atomic mass is 16.5. The van der Waals surface area contributed by atoms with Crippen LogP contribution in [0.2, 0.25) is 0 Å². The van der Waals surface area contributed by atoms with Gasteiger partial charge in [0.05, 0.1) is 17.1 Å². The van der Waals surface area contributed by atoms with E-state index in [-0.39, 0.29) is 5.92 Å². The highest BCUT2D eigenvalue weighted by molar-refractivity contribution is 5.72. The van der Waals surface area contributed by atoms with E-state index in [1.165, 1.54) is 0 Å². The van der Waals surface area contributed by atoms with Crippen LogP contribution in [0.3, 0.4) is 0 Å². The Morgan fingerprint density at radius 1 is 1.21 bits per heavy atom. The van der Waals surface area contributed by atoms with Crippen molar-refractivity contribution in [2.24, 2.45) is 5.92 Å². The first kappa shape index (κ1) is 8.75. The van der Waals surface area contributed by atoms with Crippen molar-refractivity contribution in [3.63, 3.8) is 0 Å². The molecule has 0 aliphatic heterocycles. The van der Waals surface area contributed by atoms with E-state index in [2.05, 4.69) is 11.7 Å². The number of esters is 1. The number of methoxy groups -OCH3 is 1. The molecule has 1 atom stereocenters. The van der Waals surface area contributed by atoms with Crippen molar-refractivity contribution in [2.45, 2.75) is 58.8 Å². The van der Waals surface area contributed by atoms with Gasteiger partial charge in [-0.1, -0.05) is 46.0 Å². The smallest absolute Gasteiger partial charge is 0.308 e. The fourth-order valence-corrected chi connectivity index (χ4v) is 1.63. The minimum atomic E-state index is -2.60. The molecule has 0 aromatic rings. The fourth-order valence-electron chi connectivity index (χ4n) is 1.63. The molecule has 0 spiro atoms. The normalized spacial score (nSPS) is 16.6. The number of unbranched alkanes of at least 4 members (excludes halogenated alkanes) is 3. The summed E-state index contributed by atoms with van der Waals surface area (Å²) in [7, 11) is -2.60.